The molecular weight excluding hydrogens is 236 g/mol. The lowest BCUT2D eigenvalue weighted by Gasteiger charge is -2.36. The Labute approximate surface area is 115 Å². The van der Waals surface area contributed by atoms with Gasteiger partial charge in [0, 0.05) is 31.5 Å². The minimum Gasteiger partial charge on any atom is -0.337 e. The largest absolute Gasteiger partial charge is 0.337 e. The molecule has 0 spiro atoms. The Morgan fingerprint density at radius 2 is 1.95 bits per heavy atom. The number of hydrogen-bond acceptors (Lipinski definition) is 4. The van der Waals surface area contributed by atoms with Gasteiger partial charge in [0.25, 0.3) is 0 Å². The van der Waals surface area contributed by atoms with Crippen LogP contribution < -0.4 is 10.2 Å². The fourth-order valence-corrected chi connectivity index (χ4v) is 3.14. The van der Waals surface area contributed by atoms with Crippen LogP contribution in [0.1, 0.15) is 50.0 Å². The maximum atomic E-state index is 4.62. The van der Waals surface area contributed by atoms with E-state index in [1.165, 1.54) is 44.1 Å². The summed E-state index contributed by atoms with van der Waals surface area (Å²) in [5, 5.41) is 3.29. The number of nitrogens with one attached hydrogen (secondary N) is 1. The van der Waals surface area contributed by atoms with Crippen LogP contribution in [0.5, 0.6) is 0 Å². The third-order valence-electron chi connectivity index (χ3n) is 4.56. The molecule has 1 saturated carbocycles. The van der Waals surface area contributed by atoms with Crippen molar-refractivity contribution >= 4 is 5.95 Å². The van der Waals surface area contributed by atoms with Crippen molar-refractivity contribution in [2.45, 2.75) is 50.5 Å². The van der Waals surface area contributed by atoms with Crippen molar-refractivity contribution in [1.82, 2.24) is 15.3 Å². The molecule has 0 radical (unpaired) electrons. The van der Waals surface area contributed by atoms with Crippen LogP contribution in [0.3, 0.4) is 0 Å². The van der Waals surface area contributed by atoms with Crippen molar-refractivity contribution in [3.05, 3.63) is 18.0 Å². The molecule has 1 saturated heterocycles. The predicted octanol–water partition coefficient (Wildman–Crippen LogP) is 2.32. The van der Waals surface area contributed by atoms with Gasteiger partial charge in [-0.2, -0.15) is 0 Å². The summed E-state index contributed by atoms with van der Waals surface area (Å²) in [6, 6.07) is 0.549. The highest BCUT2D eigenvalue weighted by molar-refractivity contribution is 5.33. The average Bonchev–Trinajstić information content (AvgIpc) is 2.39. The van der Waals surface area contributed by atoms with Gasteiger partial charge < -0.3 is 10.2 Å². The van der Waals surface area contributed by atoms with Gasteiger partial charge in [-0.25, -0.2) is 9.97 Å². The van der Waals surface area contributed by atoms with Crippen molar-refractivity contribution in [3.63, 3.8) is 0 Å². The molecule has 19 heavy (non-hydrogen) atoms. The quantitative estimate of drug-likeness (QED) is 0.902. The molecule has 1 aliphatic heterocycles. The number of piperidine rings is 1. The molecular formula is C15H24N4. The maximum Gasteiger partial charge on any atom is 0.225 e. The van der Waals surface area contributed by atoms with Gasteiger partial charge in [0.2, 0.25) is 5.95 Å². The maximum absolute atomic E-state index is 4.62. The standard InChI is InChI=1S/C15H24N4/c1-16-11-14-7-2-3-8-19(14)15-17-9-13(10-18-15)12-5-4-6-12/h9-10,12,14,16H,2-8,11H2,1H3. The van der Waals surface area contributed by atoms with Gasteiger partial charge in [-0.3, -0.25) is 0 Å². The van der Waals surface area contributed by atoms with E-state index in [9.17, 15) is 0 Å². The number of hydrogen-bond donors (Lipinski definition) is 1. The van der Waals surface area contributed by atoms with E-state index in [-0.39, 0.29) is 0 Å². The predicted molar refractivity (Wildman–Crippen MR) is 77.5 cm³/mol. The van der Waals surface area contributed by atoms with Crippen LogP contribution in [0.15, 0.2) is 12.4 Å². The van der Waals surface area contributed by atoms with Crippen molar-refractivity contribution in [2.24, 2.45) is 0 Å². The van der Waals surface area contributed by atoms with E-state index in [4.69, 9.17) is 0 Å². The Kier molecular flexibility index (Phi) is 3.97. The van der Waals surface area contributed by atoms with Crippen molar-refractivity contribution in [1.29, 1.82) is 0 Å². The van der Waals surface area contributed by atoms with Gasteiger partial charge in [-0.05, 0) is 50.6 Å². The van der Waals surface area contributed by atoms with E-state index >= 15 is 0 Å². The first-order chi connectivity index (χ1) is 9.38. The van der Waals surface area contributed by atoms with Gasteiger partial charge in [-0.15, -0.1) is 0 Å². The highest BCUT2D eigenvalue weighted by Gasteiger charge is 2.25. The minimum atomic E-state index is 0.549. The average molecular weight is 260 g/mol. The van der Waals surface area contributed by atoms with Gasteiger partial charge in [0.15, 0.2) is 0 Å². The van der Waals surface area contributed by atoms with Crippen LogP contribution in [-0.2, 0) is 0 Å². The van der Waals surface area contributed by atoms with Gasteiger partial charge >= 0.3 is 0 Å². The molecule has 0 bridgehead atoms. The Balaban J connectivity index is 1.72. The SMILES string of the molecule is CNCC1CCCCN1c1ncc(C2CCC2)cn1. The number of nitrogens with zero attached hydrogens (tertiary/aromatic N) is 3. The van der Waals surface area contributed by atoms with E-state index < -0.39 is 0 Å². The highest BCUT2D eigenvalue weighted by atomic mass is 15.3. The summed E-state index contributed by atoms with van der Waals surface area (Å²) < 4.78 is 0. The molecule has 2 heterocycles. The van der Waals surface area contributed by atoms with E-state index in [1.54, 1.807) is 0 Å². The van der Waals surface area contributed by atoms with Crippen LogP contribution in [-0.4, -0.2) is 36.1 Å². The third-order valence-corrected chi connectivity index (χ3v) is 4.56. The van der Waals surface area contributed by atoms with Crippen LogP contribution in [0, 0.1) is 0 Å². The Morgan fingerprint density at radius 3 is 2.58 bits per heavy atom. The molecule has 4 nitrogen and oxygen atoms in total. The van der Waals surface area contributed by atoms with Crippen molar-refractivity contribution in [3.8, 4) is 0 Å². The summed E-state index contributed by atoms with van der Waals surface area (Å²) >= 11 is 0. The van der Waals surface area contributed by atoms with Crippen LogP contribution in [0.2, 0.25) is 0 Å². The zero-order chi connectivity index (χ0) is 13.1. The molecule has 104 valence electrons. The topological polar surface area (TPSA) is 41.0 Å². The summed E-state index contributed by atoms with van der Waals surface area (Å²) in [6.07, 6.45) is 11.9. The normalized spacial score (nSPS) is 24.3. The fraction of sp³-hybridized carbons (Fsp3) is 0.733. The van der Waals surface area contributed by atoms with E-state index in [2.05, 4.69) is 32.6 Å². The zero-order valence-corrected chi connectivity index (χ0v) is 11.8. The fourth-order valence-electron chi connectivity index (χ4n) is 3.14. The number of rotatable bonds is 4. The van der Waals surface area contributed by atoms with Gasteiger partial charge in [-0.1, -0.05) is 6.42 Å². The number of likely N-dealkylation sites (N-methyl/N-ethyl adjacent to an activating group) is 1. The molecule has 1 atom stereocenters. The second-order valence-corrected chi connectivity index (χ2v) is 5.84. The van der Waals surface area contributed by atoms with E-state index in [0.29, 0.717) is 6.04 Å². The zero-order valence-electron chi connectivity index (χ0n) is 11.8. The molecule has 4 heteroatoms. The van der Waals surface area contributed by atoms with E-state index in [1.807, 2.05) is 7.05 Å². The smallest absolute Gasteiger partial charge is 0.225 e. The molecule has 0 amide bonds. The van der Waals surface area contributed by atoms with Crippen LogP contribution >= 0.6 is 0 Å². The van der Waals surface area contributed by atoms with Crippen LogP contribution in [0.4, 0.5) is 5.95 Å². The molecule has 2 aliphatic rings. The molecule has 3 rings (SSSR count). The number of anilines is 1. The summed E-state index contributed by atoms with van der Waals surface area (Å²) in [5.41, 5.74) is 1.33. The molecule has 1 aromatic rings. The van der Waals surface area contributed by atoms with Crippen LogP contribution in [0.25, 0.3) is 0 Å². The lowest BCUT2D eigenvalue weighted by atomic mass is 9.81. The molecule has 1 aromatic heterocycles. The first-order valence-corrected chi connectivity index (χ1v) is 7.61. The minimum absolute atomic E-state index is 0.549. The summed E-state index contributed by atoms with van der Waals surface area (Å²) in [5.74, 6) is 1.64. The summed E-state index contributed by atoms with van der Waals surface area (Å²) in [7, 11) is 2.02. The van der Waals surface area contributed by atoms with Crippen molar-refractivity contribution in [2.75, 3.05) is 25.0 Å². The summed E-state index contributed by atoms with van der Waals surface area (Å²) in [6.45, 7) is 2.11. The Bertz CT molecular complexity index is 397. The van der Waals surface area contributed by atoms with Gasteiger partial charge in [0.1, 0.15) is 0 Å². The summed E-state index contributed by atoms with van der Waals surface area (Å²) in [4.78, 5) is 11.6. The second-order valence-electron chi connectivity index (χ2n) is 5.84. The van der Waals surface area contributed by atoms with Gasteiger partial charge in [0.05, 0.1) is 0 Å². The number of aromatic nitrogens is 2. The lowest BCUT2D eigenvalue weighted by Crippen LogP contribution is -2.45. The third kappa shape index (κ3) is 2.73. The Morgan fingerprint density at radius 1 is 1.16 bits per heavy atom. The molecule has 1 unspecified atom stereocenters. The monoisotopic (exact) mass is 260 g/mol. The second kappa shape index (κ2) is 5.87. The molecule has 2 fully saturated rings. The molecule has 0 aromatic carbocycles. The Hall–Kier alpha value is -1.16. The highest BCUT2D eigenvalue weighted by Crippen LogP contribution is 2.35. The molecule has 1 aliphatic carbocycles. The van der Waals surface area contributed by atoms with E-state index in [0.717, 1.165) is 25.0 Å². The lowest BCUT2D eigenvalue weighted by molar-refractivity contribution is 0.416. The van der Waals surface area contributed by atoms with Crippen molar-refractivity contribution < 1.29 is 0 Å². The first-order valence-electron chi connectivity index (χ1n) is 7.61. The first kappa shape index (κ1) is 12.9. The molecule has 1 N–H and O–H groups in total.